The van der Waals surface area contributed by atoms with Crippen LogP contribution in [0.4, 0.5) is 15.9 Å². The van der Waals surface area contributed by atoms with Crippen molar-refractivity contribution in [3.05, 3.63) is 11.8 Å². The molecule has 1 aromatic heterocycles. The lowest BCUT2D eigenvalue weighted by Crippen LogP contribution is -2.41. The predicted molar refractivity (Wildman–Crippen MR) is 132 cm³/mol. The fourth-order valence-electron chi connectivity index (χ4n) is 4.72. The molecular formula is C26H37FN4O4. The van der Waals surface area contributed by atoms with Crippen LogP contribution >= 0.6 is 0 Å². The molecule has 3 heterocycles. The molecule has 1 aromatic rings. The molecule has 2 aliphatic heterocycles. The van der Waals surface area contributed by atoms with Crippen molar-refractivity contribution in [2.24, 2.45) is 10.9 Å². The highest BCUT2D eigenvalue weighted by Crippen LogP contribution is 2.36. The van der Waals surface area contributed by atoms with E-state index < -0.39 is 24.4 Å². The van der Waals surface area contributed by atoms with Gasteiger partial charge in [0, 0.05) is 19.1 Å². The van der Waals surface area contributed by atoms with E-state index in [1.165, 1.54) is 25.7 Å². The molecule has 3 rings (SSSR count). The average Bonchev–Trinajstić information content (AvgIpc) is 3.01. The van der Waals surface area contributed by atoms with Crippen LogP contribution in [0.15, 0.2) is 4.99 Å². The second-order valence-electron chi connectivity index (χ2n) is 9.55. The van der Waals surface area contributed by atoms with E-state index in [1.807, 2.05) is 0 Å². The Morgan fingerprint density at radius 3 is 2.71 bits per heavy atom. The Kier molecular flexibility index (Phi) is 10.1. The number of carbonyl (C=O) groups excluding carboxylic acids is 1. The molecule has 0 bridgehead atoms. The molecule has 1 saturated heterocycles. The van der Waals surface area contributed by atoms with Crippen molar-refractivity contribution in [2.75, 3.05) is 11.9 Å². The summed E-state index contributed by atoms with van der Waals surface area (Å²) in [7, 11) is 0. The van der Waals surface area contributed by atoms with Gasteiger partial charge in [-0.2, -0.15) is 9.37 Å². The third-order valence-corrected chi connectivity index (χ3v) is 6.81. The van der Waals surface area contributed by atoms with Crippen LogP contribution in [0.2, 0.25) is 0 Å². The van der Waals surface area contributed by atoms with Gasteiger partial charge in [0.15, 0.2) is 11.4 Å². The number of aliphatic imine (C=N–C) groups is 1. The van der Waals surface area contributed by atoms with Crippen molar-refractivity contribution in [1.82, 2.24) is 9.97 Å². The van der Waals surface area contributed by atoms with Gasteiger partial charge < -0.3 is 20.3 Å². The third-order valence-electron chi connectivity index (χ3n) is 6.81. The number of halogens is 1. The molecule has 8 nitrogen and oxygen atoms in total. The Bertz CT molecular complexity index is 935. The van der Waals surface area contributed by atoms with E-state index in [0.29, 0.717) is 43.5 Å². The zero-order valence-electron chi connectivity index (χ0n) is 20.5. The number of nitrogens with one attached hydrogen (secondary N) is 1. The molecule has 3 N–H and O–H groups in total. The van der Waals surface area contributed by atoms with E-state index >= 15 is 0 Å². The van der Waals surface area contributed by atoms with E-state index in [1.54, 1.807) is 6.21 Å². The number of aromatic nitrogens is 2. The van der Waals surface area contributed by atoms with Crippen LogP contribution in [-0.4, -0.2) is 56.7 Å². The van der Waals surface area contributed by atoms with Gasteiger partial charge >= 0.3 is 6.08 Å². The number of aliphatic hydroxyl groups excluding tert-OH is 2. The second kappa shape index (κ2) is 13.1. The molecule has 4 atom stereocenters. The number of aryl methyl sites for hydroxylation is 1. The Labute approximate surface area is 206 Å². The Morgan fingerprint density at radius 1 is 1.29 bits per heavy atom. The molecule has 192 valence electrons. The van der Waals surface area contributed by atoms with E-state index in [0.717, 1.165) is 19.3 Å². The van der Waals surface area contributed by atoms with Crippen molar-refractivity contribution in [3.63, 3.8) is 0 Å². The maximum atomic E-state index is 14.1. The van der Waals surface area contributed by atoms with Crippen molar-refractivity contribution in [1.29, 1.82) is 0 Å². The number of unbranched alkanes of at least 4 members (excludes halogenated alkanes) is 6. The lowest BCUT2D eigenvalue weighted by Gasteiger charge is -2.24. The van der Waals surface area contributed by atoms with E-state index in [-0.39, 0.29) is 23.7 Å². The van der Waals surface area contributed by atoms with E-state index in [4.69, 9.17) is 11.2 Å². The summed E-state index contributed by atoms with van der Waals surface area (Å²) in [5.74, 6) is 2.23. The monoisotopic (exact) mass is 488 g/mol. The Balaban J connectivity index is 1.57. The first-order chi connectivity index (χ1) is 16.9. The fraction of sp³-hybridized carbons (Fsp3) is 0.692. The number of hydrogen-bond acceptors (Lipinski definition) is 7. The van der Waals surface area contributed by atoms with E-state index in [9.17, 15) is 19.4 Å². The van der Waals surface area contributed by atoms with Gasteiger partial charge in [0.25, 0.3) is 0 Å². The standard InChI is InChI=1S/C26H37FN4O4/c1-3-5-6-7-8-9-10-11-22(34)30-24-23-20(29-25(27)31-24)13-12-18(16-28-23)14-19-15-21(33)26(4-2,17-32)35-19/h2,16,18-19,21,32-33H,3,5-15,17H2,1H3,(H,29,30,31,34)/t18?,19-,21-,26+/m0/s1. The molecule has 35 heavy (non-hydrogen) atoms. The average molecular weight is 489 g/mol. The molecule has 0 aliphatic carbocycles. The first-order valence-corrected chi connectivity index (χ1v) is 12.8. The molecule has 2 aliphatic rings. The zero-order chi connectivity index (χ0) is 25.3. The predicted octanol–water partition coefficient (Wildman–Crippen LogP) is 3.86. The van der Waals surface area contributed by atoms with Gasteiger partial charge in [-0.1, -0.05) is 51.4 Å². The first-order valence-electron chi connectivity index (χ1n) is 12.8. The number of carbonyl (C=O) groups is 1. The van der Waals surface area contributed by atoms with Crippen molar-refractivity contribution >= 4 is 23.6 Å². The smallest absolute Gasteiger partial charge is 0.310 e. The highest BCUT2D eigenvalue weighted by atomic mass is 19.1. The van der Waals surface area contributed by atoms with Gasteiger partial charge in [-0.25, -0.2) is 4.98 Å². The molecule has 1 fully saturated rings. The SMILES string of the molecule is C#C[C@]1(CO)O[C@@H](CC2C=Nc3c(nc(F)nc3NC(=O)CCCCCCCCC)CC2)C[C@@H]1O. The largest absolute Gasteiger partial charge is 0.392 e. The summed E-state index contributed by atoms with van der Waals surface area (Å²) in [4.78, 5) is 24.7. The number of ether oxygens (including phenoxy) is 1. The minimum absolute atomic E-state index is 0.0343. The van der Waals surface area contributed by atoms with Crippen molar-refractivity contribution in [2.45, 2.75) is 102 Å². The summed E-state index contributed by atoms with van der Waals surface area (Å²) in [6, 6.07) is 0. The molecule has 0 aromatic carbocycles. The number of amides is 1. The number of aliphatic hydroxyl groups is 2. The normalized spacial score (nSPS) is 25.6. The number of hydrogen-bond donors (Lipinski definition) is 3. The second-order valence-corrected chi connectivity index (χ2v) is 9.55. The van der Waals surface area contributed by atoms with Gasteiger partial charge in [-0.3, -0.25) is 9.79 Å². The van der Waals surface area contributed by atoms with Crippen LogP contribution in [0.1, 0.15) is 83.2 Å². The zero-order valence-corrected chi connectivity index (χ0v) is 20.5. The third kappa shape index (κ3) is 7.29. The van der Waals surface area contributed by atoms with Crippen molar-refractivity contribution < 1.29 is 24.1 Å². The summed E-state index contributed by atoms with van der Waals surface area (Å²) < 4.78 is 19.9. The molecular weight excluding hydrogens is 451 g/mol. The summed E-state index contributed by atoms with van der Waals surface area (Å²) in [6.45, 7) is 1.73. The first kappa shape index (κ1) is 27.2. The summed E-state index contributed by atoms with van der Waals surface area (Å²) in [5.41, 5.74) is -0.553. The number of anilines is 1. The molecule has 0 spiro atoms. The van der Waals surface area contributed by atoms with Crippen LogP contribution in [0.5, 0.6) is 0 Å². The number of fused-ring (bicyclic) bond motifs is 1. The van der Waals surface area contributed by atoms with Gasteiger partial charge in [0.2, 0.25) is 5.91 Å². The van der Waals surface area contributed by atoms with Crippen molar-refractivity contribution in [3.8, 4) is 12.3 Å². The van der Waals surface area contributed by atoms with Crippen LogP contribution < -0.4 is 5.32 Å². The maximum Gasteiger partial charge on any atom is 0.310 e. The van der Waals surface area contributed by atoms with Crippen LogP contribution in [0.3, 0.4) is 0 Å². The highest BCUT2D eigenvalue weighted by Gasteiger charge is 2.46. The Hall–Kier alpha value is -2.41. The molecule has 1 amide bonds. The lowest BCUT2D eigenvalue weighted by molar-refractivity contribution is -0.116. The summed E-state index contributed by atoms with van der Waals surface area (Å²) in [6.07, 6.45) is 15.1. The van der Waals surface area contributed by atoms with Gasteiger partial charge in [-0.05, 0) is 31.6 Å². The highest BCUT2D eigenvalue weighted by molar-refractivity contribution is 5.93. The van der Waals surface area contributed by atoms with Crippen LogP contribution in [0.25, 0.3) is 0 Å². The minimum Gasteiger partial charge on any atom is -0.392 e. The molecule has 0 saturated carbocycles. The maximum absolute atomic E-state index is 14.1. The van der Waals surface area contributed by atoms with Gasteiger partial charge in [-0.15, -0.1) is 6.42 Å². The number of terminal acetylenes is 1. The molecule has 1 unspecified atom stereocenters. The molecule has 0 radical (unpaired) electrons. The quantitative estimate of drug-likeness (QED) is 0.234. The van der Waals surface area contributed by atoms with Crippen LogP contribution in [-0.2, 0) is 16.0 Å². The number of nitrogens with zero attached hydrogens (tertiary/aromatic N) is 3. The molecule has 9 heteroatoms. The lowest BCUT2D eigenvalue weighted by atomic mass is 9.93. The minimum atomic E-state index is -1.38. The number of rotatable bonds is 12. The van der Waals surface area contributed by atoms with Gasteiger partial charge in [0.05, 0.1) is 24.5 Å². The summed E-state index contributed by atoms with van der Waals surface area (Å²) in [5, 5.41) is 22.5. The topological polar surface area (TPSA) is 117 Å². The fourth-order valence-corrected chi connectivity index (χ4v) is 4.72. The van der Waals surface area contributed by atoms with Gasteiger partial charge in [0.1, 0.15) is 5.69 Å². The van der Waals surface area contributed by atoms with E-state index in [2.05, 4.69) is 33.1 Å². The van der Waals surface area contributed by atoms with Crippen LogP contribution in [0, 0.1) is 24.3 Å². The summed E-state index contributed by atoms with van der Waals surface area (Å²) >= 11 is 0. The Morgan fingerprint density at radius 2 is 2.03 bits per heavy atom.